The second-order valence-corrected chi connectivity index (χ2v) is 17.5. The van der Waals surface area contributed by atoms with Crippen molar-refractivity contribution in [2.45, 2.75) is 12.0 Å². The fraction of sp³-hybridized carbons (Fsp3) is 0.0312. The van der Waals surface area contributed by atoms with E-state index >= 15 is 0 Å². The van der Waals surface area contributed by atoms with Gasteiger partial charge in [0.2, 0.25) is 0 Å². The van der Waals surface area contributed by atoms with Crippen molar-refractivity contribution in [3.05, 3.63) is 266 Å². The Morgan fingerprint density at radius 2 is 0.940 bits per heavy atom. The molecule has 13 rings (SSSR count). The van der Waals surface area contributed by atoms with Gasteiger partial charge in [0.05, 0.1) is 28.1 Å². The van der Waals surface area contributed by atoms with Crippen LogP contribution in [-0.4, -0.2) is 10.7 Å². The average Bonchev–Trinajstić information content (AvgIpc) is 3.95. The van der Waals surface area contributed by atoms with Crippen molar-refractivity contribution in [1.29, 1.82) is 0 Å². The van der Waals surface area contributed by atoms with Gasteiger partial charge in [-0.05, 0) is 93.2 Å². The van der Waals surface area contributed by atoms with Crippen LogP contribution in [0, 0.1) is 0 Å². The third kappa shape index (κ3) is 6.42. The second kappa shape index (κ2) is 16.1. The van der Waals surface area contributed by atoms with Crippen LogP contribution in [0.2, 0.25) is 0 Å². The topological polar surface area (TPSA) is 17.4 Å². The molecule has 11 aromatic rings. The molecule has 10 aromatic carbocycles. The second-order valence-electron chi connectivity index (χ2n) is 17.5. The minimum Gasteiger partial charge on any atom is -0.485 e. The molecule has 0 amide bonds. The molecule has 0 spiro atoms. The van der Waals surface area contributed by atoms with Crippen LogP contribution < -0.4 is 9.64 Å². The maximum atomic E-state index is 6.47. The highest BCUT2D eigenvalue weighted by atomic mass is 16.5. The molecule has 0 fully saturated rings. The van der Waals surface area contributed by atoms with Crippen LogP contribution in [0.1, 0.15) is 17.0 Å². The van der Waals surface area contributed by atoms with Gasteiger partial charge in [0, 0.05) is 44.6 Å². The Bertz CT molecular complexity index is 3740. The Kier molecular flexibility index (Phi) is 9.31. The Hall–Kier alpha value is -8.66. The molecule has 3 nitrogen and oxygen atoms in total. The molecule has 2 atom stereocenters. The van der Waals surface area contributed by atoms with Crippen molar-refractivity contribution in [3.8, 4) is 44.8 Å². The first-order valence-corrected chi connectivity index (χ1v) is 23.2. The monoisotopic (exact) mass is 856 g/mol. The predicted molar refractivity (Wildman–Crippen MR) is 280 cm³/mol. The van der Waals surface area contributed by atoms with E-state index < -0.39 is 0 Å². The maximum absolute atomic E-state index is 6.47. The summed E-state index contributed by atoms with van der Waals surface area (Å²) in [7, 11) is 0. The highest BCUT2D eigenvalue weighted by molar-refractivity contribution is 6.17. The zero-order chi connectivity index (χ0) is 44.3. The van der Waals surface area contributed by atoms with Gasteiger partial charge >= 0.3 is 0 Å². The van der Waals surface area contributed by atoms with Crippen LogP contribution in [0.15, 0.2) is 255 Å². The molecule has 1 aliphatic carbocycles. The number of hydrogen-bond donors (Lipinski definition) is 0. The first kappa shape index (κ1) is 38.8. The third-order valence-electron chi connectivity index (χ3n) is 13.7. The summed E-state index contributed by atoms with van der Waals surface area (Å²) >= 11 is 0. The van der Waals surface area contributed by atoms with Gasteiger partial charge in [-0.1, -0.05) is 200 Å². The summed E-state index contributed by atoms with van der Waals surface area (Å²) in [5, 5.41) is 4.87. The van der Waals surface area contributed by atoms with E-state index in [0.29, 0.717) is 0 Å². The average molecular weight is 857 g/mol. The first-order valence-electron chi connectivity index (χ1n) is 23.2. The van der Waals surface area contributed by atoms with Gasteiger partial charge in [-0.25, -0.2) is 0 Å². The number of ether oxygens (including phenoxy) is 1. The highest BCUT2D eigenvalue weighted by Gasteiger charge is 2.34. The third-order valence-corrected chi connectivity index (χ3v) is 13.7. The summed E-state index contributed by atoms with van der Waals surface area (Å²) < 4.78 is 8.88. The van der Waals surface area contributed by atoms with Crippen LogP contribution in [-0.2, 0) is 0 Å². The standard InChI is InChI=1S/C64H44N2O/c1-3-20-43(21-4-1)48-31-17-22-44-23-18-32-52(63(44)48)49-27-8-13-35-57(49)66(56-34-12-7-26-47(56)45-40-41-62-55(42-45)51-29-11-16-39-61(51)67-62)58-36-14-9-28-50(58)53-33-19-38-60-64(53)54-30-10-15-37-59(54)65(60)46-24-5-2-6-25-46/h1-42,55,62H. The van der Waals surface area contributed by atoms with Crippen LogP contribution in [0.25, 0.3) is 77.2 Å². The van der Waals surface area contributed by atoms with Crippen LogP contribution >= 0.6 is 0 Å². The van der Waals surface area contributed by atoms with Gasteiger partial charge in [0.15, 0.2) is 0 Å². The lowest BCUT2D eigenvalue weighted by Crippen LogP contribution is -2.18. The molecule has 0 radical (unpaired) electrons. The number of anilines is 3. The van der Waals surface area contributed by atoms with Crippen LogP contribution in [0.5, 0.6) is 5.75 Å². The van der Waals surface area contributed by atoms with Crippen LogP contribution in [0.3, 0.4) is 0 Å². The van der Waals surface area contributed by atoms with Crippen LogP contribution in [0.4, 0.5) is 17.1 Å². The fourth-order valence-corrected chi connectivity index (χ4v) is 10.8. The van der Waals surface area contributed by atoms with Gasteiger partial charge in [-0.2, -0.15) is 0 Å². The normalized spacial score (nSPS) is 15.0. The molecule has 2 aliphatic rings. The van der Waals surface area contributed by atoms with Gasteiger partial charge in [-0.15, -0.1) is 0 Å². The number of benzene rings is 10. The molecule has 1 aliphatic heterocycles. The smallest absolute Gasteiger partial charge is 0.128 e. The Labute approximate surface area is 390 Å². The summed E-state index contributed by atoms with van der Waals surface area (Å²) in [6, 6.07) is 85.9. The van der Waals surface area contributed by atoms with Crippen molar-refractivity contribution in [2.24, 2.45) is 0 Å². The number of rotatable bonds is 8. The lowest BCUT2D eigenvalue weighted by molar-refractivity contribution is 0.269. The number of hydrogen-bond acceptors (Lipinski definition) is 2. The van der Waals surface area contributed by atoms with Crippen molar-refractivity contribution >= 4 is 55.2 Å². The number of aromatic nitrogens is 1. The van der Waals surface area contributed by atoms with E-state index in [4.69, 9.17) is 4.74 Å². The summed E-state index contributed by atoms with van der Waals surface area (Å²) in [6.45, 7) is 0. The predicted octanol–water partition coefficient (Wildman–Crippen LogP) is 16.9. The molecule has 316 valence electrons. The molecule has 3 heteroatoms. The molecular weight excluding hydrogens is 813 g/mol. The van der Waals surface area contributed by atoms with Gasteiger partial charge < -0.3 is 14.2 Å². The Morgan fingerprint density at radius 1 is 0.403 bits per heavy atom. The molecule has 2 unspecified atom stereocenters. The SMILES string of the molecule is C1=CC2Oc3ccccc3C2C=C1c1ccccc1N(c1ccccc1-c1cccc2cccc(-c3ccccc3)c12)c1ccccc1-c1cccc2c1c1ccccc1n2-c1ccccc1. The molecule has 0 saturated carbocycles. The van der Waals surface area contributed by atoms with E-state index in [0.717, 1.165) is 45.2 Å². The van der Waals surface area contributed by atoms with Crippen molar-refractivity contribution in [1.82, 2.24) is 4.57 Å². The quantitative estimate of drug-likeness (QED) is 0.151. The van der Waals surface area contributed by atoms with E-state index in [2.05, 4.69) is 264 Å². The summed E-state index contributed by atoms with van der Waals surface area (Å²) in [5.74, 6) is 1.08. The van der Waals surface area contributed by atoms with Crippen molar-refractivity contribution < 1.29 is 4.74 Å². The van der Waals surface area contributed by atoms with Gasteiger partial charge in [0.1, 0.15) is 11.9 Å². The Balaban J connectivity index is 1.09. The van der Waals surface area contributed by atoms with E-state index in [1.54, 1.807) is 0 Å². The summed E-state index contributed by atoms with van der Waals surface area (Å²) in [5.41, 5.74) is 17.3. The number of nitrogens with zero attached hydrogens (tertiary/aromatic N) is 2. The zero-order valence-electron chi connectivity index (χ0n) is 36.7. The first-order chi connectivity index (χ1) is 33.3. The minimum atomic E-state index is -0.0328. The van der Waals surface area contributed by atoms with E-state index in [1.807, 2.05) is 0 Å². The molecule has 0 bridgehead atoms. The van der Waals surface area contributed by atoms with Gasteiger partial charge in [0.25, 0.3) is 0 Å². The Morgan fingerprint density at radius 3 is 1.69 bits per heavy atom. The molecule has 2 heterocycles. The number of para-hydroxylation sites is 6. The maximum Gasteiger partial charge on any atom is 0.128 e. The van der Waals surface area contributed by atoms with Gasteiger partial charge in [-0.3, -0.25) is 0 Å². The summed E-state index contributed by atoms with van der Waals surface area (Å²) in [6.07, 6.45) is 6.89. The van der Waals surface area contributed by atoms with E-state index in [9.17, 15) is 0 Å². The molecule has 67 heavy (non-hydrogen) atoms. The zero-order valence-corrected chi connectivity index (χ0v) is 36.7. The number of fused-ring (bicyclic) bond motifs is 7. The number of allylic oxidation sites excluding steroid dienone is 2. The van der Waals surface area contributed by atoms with Crippen molar-refractivity contribution in [3.63, 3.8) is 0 Å². The molecule has 1 aromatic heterocycles. The fourth-order valence-electron chi connectivity index (χ4n) is 10.8. The van der Waals surface area contributed by atoms with E-state index in [1.165, 1.54) is 66.0 Å². The molecular formula is C64H44N2O. The largest absolute Gasteiger partial charge is 0.485 e. The summed E-state index contributed by atoms with van der Waals surface area (Å²) in [4.78, 5) is 2.53. The van der Waals surface area contributed by atoms with Crippen molar-refractivity contribution in [2.75, 3.05) is 4.90 Å². The lowest BCUT2D eigenvalue weighted by atomic mass is 9.86. The lowest BCUT2D eigenvalue weighted by Gasteiger charge is -2.32. The highest BCUT2D eigenvalue weighted by Crippen LogP contribution is 2.51. The molecule has 0 saturated heterocycles. The molecule has 0 N–H and O–H groups in total. The van der Waals surface area contributed by atoms with E-state index in [-0.39, 0.29) is 12.0 Å². The minimum absolute atomic E-state index is 0.0328.